The van der Waals surface area contributed by atoms with E-state index in [1.165, 1.54) is 0 Å². The summed E-state index contributed by atoms with van der Waals surface area (Å²) in [5, 5.41) is 11.6. The van der Waals surface area contributed by atoms with Gasteiger partial charge in [-0.1, -0.05) is 19.9 Å². The van der Waals surface area contributed by atoms with Crippen molar-refractivity contribution in [3.63, 3.8) is 0 Å². The summed E-state index contributed by atoms with van der Waals surface area (Å²) in [7, 11) is 0. The van der Waals surface area contributed by atoms with Gasteiger partial charge in [0.1, 0.15) is 0 Å². The summed E-state index contributed by atoms with van der Waals surface area (Å²) < 4.78 is 0. The van der Waals surface area contributed by atoms with Crippen molar-refractivity contribution < 1.29 is 9.59 Å². The molecule has 1 aliphatic rings. The maximum absolute atomic E-state index is 12.5. The van der Waals surface area contributed by atoms with Crippen molar-refractivity contribution in [2.45, 2.75) is 20.3 Å². The van der Waals surface area contributed by atoms with Crippen LogP contribution >= 0.6 is 0 Å². The average molecular weight is 271 g/mol. The number of imide groups is 1. The molecule has 0 bridgehead atoms. The number of nitrogens with zero attached hydrogens (tertiary/aromatic N) is 2. The van der Waals surface area contributed by atoms with Crippen LogP contribution in [-0.4, -0.2) is 18.5 Å². The minimum atomic E-state index is -0.426. The molecular weight excluding hydrogens is 254 g/mol. The molecular formula is C15H17N3O2. The normalized spacial score (nSPS) is 18.9. The Hall–Kier alpha value is -2.35. The van der Waals surface area contributed by atoms with Gasteiger partial charge in [0.2, 0.25) is 5.91 Å². The summed E-state index contributed by atoms with van der Waals surface area (Å²) >= 11 is 0. The Morgan fingerprint density at radius 2 is 2.20 bits per heavy atom. The van der Waals surface area contributed by atoms with E-state index in [9.17, 15) is 9.59 Å². The fourth-order valence-corrected chi connectivity index (χ4v) is 2.37. The first-order chi connectivity index (χ1) is 9.52. The van der Waals surface area contributed by atoms with Gasteiger partial charge >= 0.3 is 6.03 Å². The van der Waals surface area contributed by atoms with Crippen LogP contribution in [0.25, 0.3) is 0 Å². The lowest BCUT2D eigenvalue weighted by Crippen LogP contribution is -2.55. The third-order valence-corrected chi connectivity index (χ3v) is 3.26. The standard InChI is InChI=1S/C15H17N3O2/c1-10(2)6-12-9-17-15(20)18(14(12)19)13-5-3-4-11(7-13)8-16/h3-5,7,10,12H,6,9H2,1-2H3,(H,17,20). The SMILES string of the molecule is CC(C)CC1CNC(=O)N(c2cccc(C#N)c2)C1=O. The Morgan fingerprint density at radius 1 is 1.45 bits per heavy atom. The Labute approximate surface area is 118 Å². The molecule has 104 valence electrons. The first-order valence-electron chi connectivity index (χ1n) is 6.65. The Bertz CT molecular complexity index is 575. The van der Waals surface area contributed by atoms with Crippen LogP contribution in [0.3, 0.4) is 0 Å². The van der Waals surface area contributed by atoms with Gasteiger partial charge < -0.3 is 5.32 Å². The number of rotatable bonds is 3. The zero-order chi connectivity index (χ0) is 14.7. The van der Waals surface area contributed by atoms with E-state index in [2.05, 4.69) is 5.32 Å². The summed E-state index contributed by atoms with van der Waals surface area (Å²) in [6, 6.07) is 8.11. The molecule has 1 atom stereocenters. The third kappa shape index (κ3) is 2.80. The quantitative estimate of drug-likeness (QED) is 0.916. The predicted octanol–water partition coefficient (Wildman–Crippen LogP) is 2.28. The van der Waals surface area contributed by atoms with Crippen molar-refractivity contribution in [2.75, 3.05) is 11.4 Å². The lowest BCUT2D eigenvalue weighted by molar-refractivity contribution is -0.122. The molecule has 3 amide bonds. The molecule has 5 nitrogen and oxygen atoms in total. The molecule has 1 aromatic carbocycles. The van der Waals surface area contributed by atoms with Gasteiger partial charge in [-0.05, 0) is 30.5 Å². The number of hydrogen-bond acceptors (Lipinski definition) is 3. The van der Waals surface area contributed by atoms with E-state index in [0.29, 0.717) is 23.7 Å². The average Bonchev–Trinajstić information content (AvgIpc) is 2.42. The third-order valence-electron chi connectivity index (χ3n) is 3.26. The topological polar surface area (TPSA) is 73.2 Å². The highest BCUT2D eigenvalue weighted by Gasteiger charge is 2.35. The highest BCUT2D eigenvalue weighted by atomic mass is 16.2. The molecule has 0 aromatic heterocycles. The van der Waals surface area contributed by atoms with Gasteiger partial charge in [0.15, 0.2) is 0 Å². The van der Waals surface area contributed by atoms with Crippen molar-refractivity contribution in [1.29, 1.82) is 5.26 Å². The molecule has 1 aromatic rings. The molecule has 1 saturated heterocycles. The zero-order valence-corrected chi connectivity index (χ0v) is 11.6. The second kappa shape index (κ2) is 5.74. The fraction of sp³-hybridized carbons (Fsp3) is 0.400. The van der Waals surface area contributed by atoms with E-state index >= 15 is 0 Å². The Morgan fingerprint density at radius 3 is 2.85 bits per heavy atom. The van der Waals surface area contributed by atoms with Gasteiger partial charge in [-0.2, -0.15) is 5.26 Å². The molecule has 1 N–H and O–H groups in total. The lowest BCUT2D eigenvalue weighted by atomic mass is 9.94. The van der Waals surface area contributed by atoms with Crippen molar-refractivity contribution in [3.05, 3.63) is 29.8 Å². The number of benzene rings is 1. The highest BCUT2D eigenvalue weighted by Crippen LogP contribution is 2.24. The van der Waals surface area contributed by atoms with E-state index in [1.54, 1.807) is 24.3 Å². The van der Waals surface area contributed by atoms with Crippen molar-refractivity contribution in [3.8, 4) is 6.07 Å². The maximum atomic E-state index is 12.5. The number of carbonyl (C=O) groups is 2. The summed E-state index contributed by atoms with van der Waals surface area (Å²) in [5.74, 6) is -0.0257. The number of urea groups is 1. The maximum Gasteiger partial charge on any atom is 0.328 e. The van der Waals surface area contributed by atoms with Crippen LogP contribution in [0.5, 0.6) is 0 Å². The summed E-state index contributed by atoms with van der Waals surface area (Å²) in [5.41, 5.74) is 0.870. The van der Waals surface area contributed by atoms with E-state index in [0.717, 1.165) is 11.3 Å². The number of hydrogen-bond donors (Lipinski definition) is 1. The molecule has 0 saturated carbocycles. The van der Waals surface area contributed by atoms with Crippen LogP contribution in [0, 0.1) is 23.2 Å². The molecule has 1 unspecified atom stereocenters. The monoisotopic (exact) mass is 271 g/mol. The molecule has 1 aliphatic heterocycles. The molecule has 0 radical (unpaired) electrons. The van der Waals surface area contributed by atoms with Crippen molar-refractivity contribution in [2.24, 2.45) is 11.8 Å². The van der Waals surface area contributed by atoms with Crippen LogP contribution in [0.15, 0.2) is 24.3 Å². The van der Waals surface area contributed by atoms with E-state index < -0.39 is 6.03 Å². The number of anilines is 1. The van der Waals surface area contributed by atoms with Crippen LogP contribution in [0.1, 0.15) is 25.8 Å². The molecule has 0 aliphatic carbocycles. The van der Waals surface area contributed by atoms with E-state index in [4.69, 9.17) is 5.26 Å². The first-order valence-corrected chi connectivity index (χ1v) is 6.65. The minimum Gasteiger partial charge on any atom is -0.337 e. The van der Waals surface area contributed by atoms with Gasteiger partial charge in [-0.15, -0.1) is 0 Å². The van der Waals surface area contributed by atoms with Crippen molar-refractivity contribution in [1.82, 2.24) is 5.32 Å². The second-order valence-electron chi connectivity index (χ2n) is 5.35. The summed E-state index contributed by atoms with van der Waals surface area (Å²) in [4.78, 5) is 25.5. The largest absolute Gasteiger partial charge is 0.337 e. The van der Waals surface area contributed by atoms with E-state index in [-0.39, 0.29) is 11.8 Å². The minimum absolute atomic E-state index is 0.197. The second-order valence-corrected chi connectivity index (χ2v) is 5.35. The van der Waals surface area contributed by atoms with Gasteiger partial charge in [-0.3, -0.25) is 4.79 Å². The lowest BCUT2D eigenvalue weighted by Gasteiger charge is -2.32. The van der Waals surface area contributed by atoms with E-state index in [1.807, 2.05) is 19.9 Å². The predicted molar refractivity (Wildman–Crippen MR) is 75.0 cm³/mol. The molecule has 0 spiro atoms. The molecule has 2 rings (SSSR count). The van der Waals surface area contributed by atoms with Gasteiger partial charge in [-0.25, -0.2) is 9.69 Å². The van der Waals surface area contributed by atoms with Gasteiger partial charge in [0.25, 0.3) is 0 Å². The smallest absolute Gasteiger partial charge is 0.328 e. The Balaban J connectivity index is 2.30. The van der Waals surface area contributed by atoms with Crippen LogP contribution in [-0.2, 0) is 4.79 Å². The van der Waals surface area contributed by atoms with Gasteiger partial charge in [0, 0.05) is 6.54 Å². The fourth-order valence-electron chi connectivity index (χ4n) is 2.37. The highest BCUT2D eigenvalue weighted by molar-refractivity contribution is 6.16. The van der Waals surface area contributed by atoms with Crippen LogP contribution in [0.4, 0.5) is 10.5 Å². The van der Waals surface area contributed by atoms with Crippen LogP contribution in [0.2, 0.25) is 0 Å². The number of amides is 3. The summed E-state index contributed by atoms with van der Waals surface area (Å²) in [6.45, 7) is 4.47. The van der Waals surface area contributed by atoms with Crippen LogP contribution < -0.4 is 10.2 Å². The van der Waals surface area contributed by atoms with Gasteiger partial charge in [0.05, 0.1) is 23.2 Å². The summed E-state index contributed by atoms with van der Waals surface area (Å²) in [6.07, 6.45) is 0.730. The molecule has 20 heavy (non-hydrogen) atoms. The Kier molecular flexibility index (Phi) is 4.04. The van der Waals surface area contributed by atoms with Crippen molar-refractivity contribution >= 4 is 17.6 Å². The molecule has 1 heterocycles. The molecule has 5 heteroatoms. The first kappa shape index (κ1) is 14.1. The number of nitrogens with one attached hydrogen (secondary N) is 1. The zero-order valence-electron chi connectivity index (χ0n) is 11.6. The molecule has 1 fully saturated rings. The number of carbonyl (C=O) groups excluding carboxylic acids is 2. The number of nitriles is 1.